The number of ether oxygens (including phenoxy) is 2. The molecule has 4 aromatic rings. The van der Waals surface area contributed by atoms with Crippen molar-refractivity contribution in [3.8, 4) is 5.75 Å². The Morgan fingerprint density at radius 3 is 2.39 bits per heavy atom. The topological polar surface area (TPSA) is 107 Å². The summed E-state index contributed by atoms with van der Waals surface area (Å²) < 4.78 is 56.6. The molecule has 0 aliphatic carbocycles. The number of nitro benzene ring substituents is 1. The lowest BCUT2D eigenvalue weighted by atomic mass is 9.91. The molecular formula is C32H32F3N3O6. The van der Waals surface area contributed by atoms with E-state index in [0.717, 1.165) is 17.2 Å². The van der Waals surface area contributed by atoms with Crippen LogP contribution in [0.5, 0.6) is 5.75 Å². The first-order chi connectivity index (χ1) is 21.0. The Morgan fingerprint density at radius 2 is 1.73 bits per heavy atom. The Morgan fingerprint density at radius 1 is 1.02 bits per heavy atom. The third-order valence-electron chi connectivity index (χ3n) is 7.95. The molecule has 232 valence electrons. The minimum absolute atomic E-state index is 0.0939. The summed E-state index contributed by atoms with van der Waals surface area (Å²) in [4.78, 5) is 24.1. The molecule has 1 unspecified atom stereocenters. The van der Waals surface area contributed by atoms with Gasteiger partial charge in [-0.2, -0.15) is 13.2 Å². The number of rotatable bonds is 10. The van der Waals surface area contributed by atoms with E-state index < -0.39 is 23.2 Å². The van der Waals surface area contributed by atoms with E-state index in [4.69, 9.17) is 9.47 Å². The zero-order valence-electron chi connectivity index (χ0n) is 24.0. The maximum Gasteiger partial charge on any atom is 0.422 e. The van der Waals surface area contributed by atoms with E-state index in [0.29, 0.717) is 18.6 Å². The van der Waals surface area contributed by atoms with Gasteiger partial charge >= 0.3 is 12.1 Å². The van der Waals surface area contributed by atoms with Crippen LogP contribution in [0, 0.1) is 10.1 Å². The lowest BCUT2D eigenvalue weighted by Crippen LogP contribution is -2.53. The maximum atomic E-state index is 14.8. The van der Waals surface area contributed by atoms with E-state index in [2.05, 4.69) is 0 Å². The molecule has 1 N–H and O–H groups in total. The number of aliphatic hydroxyl groups is 1. The van der Waals surface area contributed by atoms with Gasteiger partial charge in [-0.25, -0.2) is 0 Å². The normalized spacial score (nSPS) is 16.0. The maximum absolute atomic E-state index is 14.8. The van der Waals surface area contributed by atoms with Crippen molar-refractivity contribution in [2.24, 2.45) is 0 Å². The summed E-state index contributed by atoms with van der Waals surface area (Å²) in [7, 11) is 1.31. The van der Waals surface area contributed by atoms with E-state index in [9.17, 15) is 33.2 Å². The molecule has 12 heteroatoms. The number of alkyl halides is 3. The van der Waals surface area contributed by atoms with E-state index in [-0.39, 0.29) is 60.3 Å². The monoisotopic (exact) mass is 611 g/mol. The molecule has 2 heterocycles. The van der Waals surface area contributed by atoms with Crippen molar-refractivity contribution >= 4 is 22.6 Å². The number of piperidine rings is 1. The second kappa shape index (κ2) is 12.7. The molecule has 1 saturated heterocycles. The molecular weight excluding hydrogens is 579 g/mol. The van der Waals surface area contributed by atoms with Gasteiger partial charge in [0.15, 0.2) is 0 Å². The summed E-state index contributed by atoms with van der Waals surface area (Å²) in [5.41, 5.74) is -2.12. The summed E-state index contributed by atoms with van der Waals surface area (Å²) in [6.45, 7) is -0.0483. The van der Waals surface area contributed by atoms with Gasteiger partial charge in [-0.05, 0) is 42.2 Å². The molecule has 0 radical (unpaired) electrons. The number of hydrogen-bond donors (Lipinski definition) is 1. The van der Waals surface area contributed by atoms with Crippen LogP contribution in [-0.4, -0.2) is 64.5 Å². The molecule has 5 rings (SSSR count). The van der Waals surface area contributed by atoms with Crippen LogP contribution in [0.1, 0.15) is 29.5 Å². The van der Waals surface area contributed by atoms with Crippen LogP contribution in [0.3, 0.4) is 0 Å². The van der Waals surface area contributed by atoms with Crippen LogP contribution in [0.15, 0.2) is 79.0 Å². The summed E-state index contributed by atoms with van der Waals surface area (Å²) in [6, 6.07) is 19.7. The number of halogens is 3. The molecule has 0 amide bonds. The van der Waals surface area contributed by atoms with Gasteiger partial charge in [0.05, 0.1) is 24.0 Å². The SMILES string of the molecule is COC(=O)Cc1cccc(OC2CCN(CC(O)(c3cn(Cc4ccccc4)c4cc([N+](=O)[O-])ccc34)C(F)(F)F)CC2)c1. The third-order valence-corrected chi connectivity index (χ3v) is 7.95. The van der Waals surface area contributed by atoms with E-state index in [1.165, 1.54) is 30.0 Å². The minimum Gasteiger partial charge on any atom is -0.490 e. The van der Waals surface area contributed by atoms with Crippen LogP contribution in [0.2, 0.25) is 0 Å². The Hall–Kier alpha value is -4.42. The second-order valence-corrected chi connectivity index (χ2v) is 11.0. The number of nitrogens with zero attached hydrogens (tertiary/aromatic N) is 3. The lowest BCUT2D eigenvalue weighted by molar-refractivity contribution is -0.384. The number of fused-ring (bicyclic) bond motifs is 1. The van der Waals surface area contributed by atoms with Gasteiger partial charge in [-0.1, -0.05) is 42.5 Å². The fourth-order valence-electron chi connectivity index (χ4n) is 5.63. The first kappa shape index (κ1) is 31.0. The molecule has 1 aliphatic rings. The van der Waals surface area contributed by atoms with Gasteiger partial charge in [0.1, 0.15) is 11.9 Å². The van der Waals surface area contributed by atoms with E-state index >= 15 is 0 Å². The highest BCUT2D eigenvalue weighted by atomic mass is 19.4. The molecule has 1 fully saturated rings. The second-order valence-electron chi connectivity index (χ2n) is 11.0. The highest BCUT2D eigenvalue weighted by Crippen LogP contribution is 2.44. The highest BCUT2D eigenvalue weighted by molar-refractivity contribution is 5.87. The Bertz CT molecular complexity index is 1630. The lowest BCUT2D eigenvalue weighted by Gasteiger charge is -2.39. The van der Waals surface area contributed by atoms with Crippen LogP contribution >= 0.6 is 0 Å². The molecule has 3 aromatic carbocycles. The number of likely N-dealkylation sites (tertiary alicyclic amines) is 1. The van der Waals surface area contributed by atoms with Gasteiger partial charge in [0, 0.05) is 55.5 Å². The van der Waals surface area contributed by atoms with Crippen molar-refractivity contribution in [1.29, 1.82) is 0 Å². The minimum atomic E-state index is -5.03. The number of carbonyl (C=O) groups is 1. The Balaban J connectivity index is 1.37. The van der Waals surface area contributed by atoms with E-state index in [1.807, 2.05) is 6.07 Å². The largest absolute Gasteiger partial charge is 0.490 e. The molecule has 44 heavy (non-hydrogen) atoms. The van der Waals surface area contributed by atoms with Crippen molar-refractivity contribution in [2.75, 3.05) is 26.7 Å². The number of benzene rings is 3. The summed E-state index contributed by atoms with van der Waals surface area (Å²) in [5, 5.41) is 23.0. The van der Waals surface area contributed by atoms with Gasteiger partial charge in [0.25, 0.3) is 5.69 Å². The standard InChI is InChI=1S/C32H32F3N3O6/c1-43-30(39)17-23-8-5-9-26(16-23)44-25-12-14-36(15-13-25)21-31(40,32(33,34)35)28-20-37(19-22-6-3-2-4-7-22)29-18-24(38(41)42)10-11-27(28)29/h2-11,16,18,20,25,40H,12-15,17,19,21H2,1H3. The number of esters is 1. The fourth-order valence-corrected chi connectivity index (χ4v) is 5.63. The van der Waals surface area contributed by atoms with Crippen molar-refractivity contribution in [3.05, 3.63) is 106 Å². The smallest absolute Gasteiger partial charge is 0.422 e. The average molecular weight is 612 g/mol. The first-order valence-electron chi connectivity index (χ1n) is 14.1. The molecule has 1 aliphatic heterocycles. The summed E-state index contributed by atoms with van der Waals surface area (Å²) in [6.07, 6.45) is -3.09. The van der Waals surface area contributed by atoms with Gasteiger partial charge in [0.2, 0.25) is 5.60 Å². The number of non-ortho nitro benzene ring substituents is 1. The zero-order chi connectivity index (χ0) is 31.5. The number of hydrogen-bond acceptors (Lipinski definition) is 7. The number of methoxy groups -OCH3 is 1. The molecule has 9 nitrogen and oxygen atoms in total. The Kier molecular flexibility index (Phi) is 8.93. The molecule has 1 aromatic heterocycles. The van der Waals surface area contributed by atoms with Crippen LogP contribution in [0.25, 0.3) is 10.9 Å². The van der Waals surface area contributed by atoms with Crippen LogP contribution in [-0.2, 0) is 28.1 Å². The summed E-state index contributed by atoms with van der Waals surface area (Å²) >= 11 is 0. The molecule has 0 saturated carbocycles. The molecule has 1 atom stereocenters. The predicted molar refractivity (Wildman–Crippen MR) is 156 cm³/mol. The zero-order valence-corrected chi connectivity index (χ0v) is 24.0. The first-order valence-corrected chi connectivity index (χ1v) is 14.1. The van der Waals surface area contributed by atoms with Crippen molar-refractivity contribution in [3.63, 3.8) is 0 Å². The third kappa shape index (κ3) is 6.71. The highest BCUT2D eigenvalue weighted by Gasteiger charge is 2.57. The van der Waals surface area contributed by atoms with Crippen LogP contribution in [0.4, 0.5) is 18.9 Å². The molecule has 0 spiro atoms. The summed E-state index contributed by atoms with van der Waals surface area (Å²) in [5.74, 6) is 0.172. The van der Waals surface area contributed by atoms with Crippen molar-refractivity contribution < 1.29 is 37.5 Å². The van der Waals surface area contributed by atoms with Crippen molar-refractivity contribution in [1.82, 2.24) is 9.47 Å². The van der Waals surface area contributed by atoms with Gasteiger partial charge in [-0.3, -0.25) is 19.8 Å². The quantitative estimate of drug-likeness (QED) is 0.141. The Labute approximate surface area is 251 Å². The van der Waals surface area contributed by atoms with E-state index in [1.54, 1.807) is 53.4 Å². The van der Waals surface area contributed by atoms with Gasteiger partial charge < -0.3 is 19.1 Å². The van der Waals surface area contributed by atoms with Crippen molar-refractivity contribution in [2.45, 2.75) is 43.7 Å². The van der Waals surface area contributed by atoms with Crippen LogP contribution < -0.4 is 4.74 Å². The predicted octanol–water partition coefficient (Wildman–Crippen LogP) is 5.61. The average Bonchev–Trinajstić information content (AvgIpc) is 3.36. The molecule has 0 bridgehead atoms. The fraction of sp³-hybridized carbons (Fsp3) is 0.344. The number of carbonyl (C=O) groups excluding carboxylic acids is 1. The number of β-amino-alcohol motifs (C(OH)–C–C–N with tert-alkyl or cyclic N) is 1. The number of aromatic nitrogens is 1. The number of nitro groups is 1. The van der Waals surface area contributed by atoms with Gasteiger partial charge in [-0.15, -0.1) is 0 Å².